The van der Waals surface area contributed by atoms with Crippen LogP contribution in [-0.2, 0) is 42.7 Å². The fourth-order valence-corrected chi connectivity index (χ4v) is 0. The molecule has 0 aromatic carbocycles. The average molecular weight is 176 g/mol. The van der Waals surface area contributed by atoms with Crippen molar-refractivity contribution in [3.63, 3.8) is 0 Å². The van der Waals surface area contributed by atoms with Crippen molar-refractivity contribution in [2.24, 2.45) is 0 Å². The van der Waals surface area contributed by atoms with Crippen molar-refractivity contribution in [2.45, 2.75) is 0 Å². The van der Waals surface area contributed by atoms with Crippen LogP contribution in [0.1, 0.15) is 0 Å². The van der Waals surface area contributed by atoms with E-state index in [0.29, 0.717) is 0 Å². The van der Waals surface area contributed by atoms with Crippen molar-refractivity contribution in [3.05, 3.63) is 0 Å². The molecule has 0 atom stereocenters. The van der Waals surface area contributed by atoms with Crippen LogP contribution >= 0.6 is 0 Å². The van der Waals surface area contributed by atoms with Crippen LogP contribution in [-0.4, -0.2) is 24.3 Å². The molecule has 0 aliphatic heterocycles. The van der Waals surface area contributed by atoms with Crippen molar-refractivity contribution >= 4 is 18.9 Å². The summed E-state index contributed by atoms with van der Waals surface area (Å²) in [6.07, 6.45) is 0. The first-order chi connectivity index (χ1) is 0. The summed E-state index contributed by atoms with van der Waals surface area (Å²) in [6.45, 7) is 0. The third-order valence-corrected chi connectivity index (χ3v) is 0. The molecular weight excluding hydrogens is 173 g/mol. The summed E-state index contributed by atoms with van der Waals surface area (Å²) in [7, 11) is 0. The van der Waals surface area contributed by atoms with E-state index in [9.17, 15) is 0 Å². The molecule has 1 nitrogen and oxygen atoms in total. The van der Waals surface area contributed by atoms with Crippen molar-refractivity contribution in [1.29, 1.82) is 0 Å². The van der Waals surface area contributed by atoms with Gasteiger partial charge in [-0.05, 0) is 0 Å². The molecule has 0 fully saturated rings. The standard InChI is InChI=1S/Li.Ni.H2O.Zr.H/h;;1H2;;. The van der Waals surface area contributed by atoms with Gasteiger partial charge in [0.05, 0.1) is 0 Å². The van der Waals surface area contributed by atoms with E-state index in [2.05, 4.69) is 0 Å². The Kier molecular flexibility index (Phi) is 197. The predicted molar refractivity (Wildman–Crippen MR) is 10.8 cm³/mol. The van der Waals surface area contributed by atoms with Gasteiger partial charge >= 0.3 is 18.9 Å². The molecule has 0 aliphatic rings. The molecule has 0 heterocycles. The Morgan fingerprint density at radius 1 is 1.00 bits per heavy atom. The Bertz CT molecular complexity index is 8.00. The van der Waals surface area contributed by atoms with Gasteiger partial charge in [0.25, 0.3) is 0 Å². The van der Waals surface area contributed by atoms with Crippen LogP contribution in [0.2, 0.25) is 0 Å². The second kappa shape index (κ2) is 20.4. The molecule has 4 heavy (non-hydrogen) atoms. The van der Waals surface area contributed by atoms with Gasteiger partial charge in [0, 0.05) is 42.7 Å². The van der Waals surface area contributed by atoms with Crippen LogP contribution in [0.4, 0.5) is 0 Å². The second-order valence-corrected chi connectivity index (χ2v) is 0. The van der Waals surface area contributed by atoms with Gasteiger partial charge in [0.15, 0.2) is 0 Å². The van der Waals surface area contributed by atoms with Gasteiger partial charge in [-0.2, -0.15) is 0 Å². The maximum atomic E-state index is 0. The summed E-state index contributed by atoms with van der Waals surface area (Å²) in [5.74, 6) is 0. The summed E-state index contributed by atoms with van der Waals surface area (Å²) in [5.41, 5.74) is 0. The minimum atomic E-state index is 0. The largest absolute Gasteiger partial charge is 0 e. The maximum absolute atomic E-state index is 0. The van der Waals surface area contributed by atoms with E-state index in [4.69, 9.17) is 0 Å². The van der Waals surface area contributed by atoms with Crippen LogP contribution in [0.15, 0.2) is 0 Å². The van der Waals surface area contributed by atoms with Gasteiger partial charge in [-0.25, -0.2) is 0 Å². The average Bonchev–Trinajstić information content (AvgIpc) is 0. The van der Waals surface area contributed by atoms with Gasteiger partial charge in [0.2, 0.25) is 0 Å². The second-order valence-electron chi connectivity index (χ2n) is 0. The van der Waals surface area contributed by atoms with E-state index in [-0.39, 0.29) is 67.0 Å². The van der Waals surface area contributed by atoms with Gasteiger partial charge in [-0.1, -0.05) is 0 Å². The molecule has 0 unspecified atom stereocenters. The van der Waals surface area contributed by atoms with Crippen molar-refractivity contribution in [1.82, 2.24) is 0 Å². The quantitative estimate of drug-likeness (QED) is 0.403. The molecule has 0 bridgehead atoms. The zero-order valence-electron chi connectivity index (χ0n) is 1.32. The van der Waals surface area contributed by atoms with Gasteiger partial charge in [-0.3, -0.25) is 0 Å². The molecule has 0 spiro atoms. The number of hydrogen-bond acceptors (Lipinski definition) is 0. The predicted octanol–water partition coefficient (Wildman–Crippen LogP) is -1.48. The van der Waals surface area contributed by atoms with Crippen LogP contribution in [0.25, 0.3) is 0 Å². The molecule has 24 valence electrons. The Morgan fingerprint density at radius 3 is 1.00 bits per heavy atom. The van der Waals surface area contributed by atoms with E-state index < -0.39 is 0 Å². The van der Waals surface area contributed by atoms with Gasteiger partial charge in [-0.15, -0.1) is 0 Å². The van der Waals surface area contributed by atoms with E-state index in [1.54, 1.807) is 0 Å². The maximum Gasteiger partial charge on any atom is 0 e. The smallest absolute Gasteiger partial charge is 0 e. The van der Waals surface area contributed by atoms with Crippen LogP contribution in [0.5, 0.6) is 0 Å². The van der Waals surface area contributed by atoms with E-state index in [1.807, 2.05) is 0 Å². The molecule has 0 saturated carbocycles. The third-order valence-electron chi connectivity index (χ3n) is 0. The molecule has 0 rings (SSSR count). The summed E-state index contributed by atoms with van der Waals surface area (Å²) < 4.78 is 0. The fourth-order valence-electron chi connectivity index (χ4n) is 0. The molecule has 0 aliphatic carbocycles. The summed E-state index contributed by atoms with van der Waals surface area (Å²) in [6, 6.07) is 0. The Balaban J connectivity index is 0. The Labute approximate surface area is 66.4 Å². The zero-order chi connectivity index (χ0) is 0. The minimum Gasteiger partial charge on any atom is 0 e. The summed E-state index contributed by atoms with van der Waals surface area (Å²) in [4.78, 5) is 0. The molecule has 2 N–H and O–H groups in total. The van der Waals surface area contributed by atoms with Gasteiger partial charge in [0.1, 0.15) is 0 Å². The Hall–Kier alpha value is 1.93. The number of rotatable bonds is 0. The van der Waals surface area contributed by atoms with Crippen LogP contribution < -0.4 is 0 Å². The van der Waals surface area contributed by atoms with E-state index in [1.165, 1.54) is 0 Å². The normalized spacial score (nSPS) is 0. The van der Waals surface area contributed by atoms with Crippen molar-refractivity contribution < 1.29 is 48.2 Å². The van der Waals surface area contributed by atoms with Crippen molar-refractivity contribution in [3.8, 4) is 0 Å². The molecular formula is H3LiNiOZr. The summed E-state index contributed by atoms with van der Waals surface area (Å²) >= 11 is 0. The number of hydrogen-bond donors (Lipinski definition) is 0. The first-order valence-electron chi connectivity index (χ1n) is 0. The van der Waals surface area contributed by atoms with E-state index >= 15 is 0 Å². The SMILES string of the molecule is O.[LiH].[Ni].[Zr]. The van der Waals surface area contributed by atoms with Crippen LogP contribution in [0.3, 0.4) is 0 Å². The van der Waals surface area contributed by atoms with E-state index in [0.717, 1.165) is 0 Å². The zero-order valence-corrected chi connectivity index (χ0v) is 4.76. The van der Waals surface area contributed by atoms with Gasteiger partial charge < -0.3 is 5.48 Å². The Morgan fingerprint density at radius 2 is 1.00 bits per heavy atom. The fraction of sp³-hybridized carbons (Fsp3) is 0. The molecule has 0 aromatic heterocycles. The summed E-state index contributed by atoms with van der Waals surface area (Å²) in [5, 5.41) is 0. The van der Waals surface area contributed by atoms with Crippen LogP contribution in [0, 0.1) is 0 Å². The minimum absolute atomic E-state index is 0. The molecule has 0 saturated heterocycles. The third kappa shape index (κ3) is 9.05. The first kappa shape index (κ1) is 38.6. The monoisotopic (exact) mass is 174 g/mol. The molecule has 0 radical (unpaired) electrons. The molecule has 4 heteroatoms. The first-order valence-corrected chi connectivity index (χ1v) is 0. The topological polar surface area (TPSA) is 31.5 Å². The van der Waals surface area contributed by atoms with Crippen molar-refractivity contribution in [2.75, 3.05) is 0 Å². The molecule has 0 aromatic rings. The molecule has 0 amide bonds.